The number of nitrogens with zero attached hydrogens (tertiary/aromatic N) is 2. The van der Waals surface area contributed by atoms with Crippen LogP contribution in [0.25, 0.3) is 10.9 Å². The van der Waals surface area contributed by atoms with Crippen molar-refractivity contribution in [1.29, 1.82) is 0 Å². The van der Waals surface area contributed by atoms with Gasteiger partial charge in [-0.3, -0.25) is 4.79 Å². The number of carbonyl (C=O) groups excluding carboxylic acids is 1. The average Bonchev–Trinajstić information content (AvgIpc) is 3.08. The van der Waals surface area contributed by atoms with Crippen LogP contribution < -0.4 is 0 Å². The Balaban J connectivity index is 1.83. The fourth-order valence-electron chi connectivity index (χ4n) is 4.21. The Bertz CT molecular complexity index is 1050. The molecule has 0 aliphatic carbocycles. The van der Waals surface area contributed by atoms with Crippen molar-refractivity contribution in [3.63, 3.8) is 0 Å². The Hall–Kier alpha value is -2.80. The monoisotopic (exact) mass is 416 g/mol. The molecule has 1 aliphatic heterocycles. The van der Waals surface area contributed by atoms with Crippen molar-refractivity contribution in [3.8, 4) is 0 Å². The van der Waals surface area contributed by atoms with E-state index in [4.69, 9.17) is 4.74 Å². The van der Waals surface area contributed by atoms with Gasteiger partial charge in [0, 0.05) is 49.6 Å². The van der Waals surface area contributed by atoms with Gasteiger partial charge in [-0.15, -0.1) is 0 Å². The van der Waals surface area contributed by atoms with E-state index in [0.717, 1.165) is 22.5 Å². The first-order valence-electron chi connectivity index (χ1n) is 9.92. The van der Waals surface area contributed by atoms with E-state index in [2.05, 4.69) is 0 Å². The maximum absolute atomic E-state index is 13.8. The first kappa shape index (κ1) is 20.5. The fraction of sp³-hybridized carbons (Fsp3) is 0.348. The van der Waals surface area contributed by atoms with Gasteiger partial charge in [0.25, 0.3) is 0 Å². The topological polar surface area (TPSA) is 34.5 Å². The largest absolute Gasteiger partial charge is 0.416 e. The molecule has 30 heavy (non-hydrogen) atoms. The third-order valence-corrected chi connectivity index (χ3v) is 5.69. The van der Waals surface area contributed by atoms with Crippen LogP contribution in [0.15, 0.2) is 54.7 Å². The summed E-state index contributed by atoms with van der Waals surface area (Å²) in [5.41, 5.74) is 1.08. The number of fused-ring (bicyclic) bond motifs is 1. The lowest BCUT2D eigenvalue weighted by Crippen LogP contribution is -2.41. The van der Waals surface area contributed by atoms with Gasteiger partial charge < -0.3 is 14.2 Å². The third kappa shape index (κ3) is 3.94. The van der Waals surface area contributed by atoms with Crippen LogP contribution in [0.1, 0.15) is 29.0 Å². The SMILES string of the molecule is Cn1cc(C(CC(=O)N2CCOCC2)c2ccccc2C(F)(F)F)c2ccccc21. The second-order valence-corrected chi connectivity index (χ2v) is 7.55. The van der Waals surface area contributed by atoms with Crippen molar-refractivity contribution < 1.29 is 22.7 Å². The molecule has 0 spiro atoms. The minimum atomic E-state index is -4.50. The smallest absolute Gasteiger partial charge is 0.378 e. The molecule has 1 aromatic heterocycles. The molecule has 2 heterocycles. The van der Waals surface area contributed by atoms with Crippen molar-refractivity contribution in [2.45, 2.75) is 18.5 Å². The summed E-state index contributed by atoms with van der Waals surface area (Å²) in [5.74, 6) is -0.863. The number of amides is 1. The first-order chi connectivity index (χ1) is 14.4. The highest BCUT2D eigenvalue weighted by Gasteiger charge is 2.37. The molecule has 0 N–H and O–H groups in total. The Morgan fingerprint density at radius 3 is 2.43 bits per heavy atom. The molecule has 4 nitrogen and oxygen atoms in total. The molecule has 0 radical (unpaired) electrons. The Labute approximate surface area is 172 Å². The van der Waals surface area contributed by atoms with Gasteiger partial charge in [-0.25, -0.2) is 0 Å². The average molecular weight is 416 g/mol. The summed E-state index contributed by atoms with van der Waals surface area (Å²) in [7, 11) is 1.86. The van der Waals surface area contributed by atoms with Crippen LogP contribution in [0.4, 0.5) is 13.2 Å². The number of halogens is 3. The van der Waals surface area contributed by atoms with E-state index in [1.54, 1.807) is 11.0 Å². The quantitative estimate of drug-likeness (QED) is 0.624. The Kier molecular flexibility index (Phi) is 5.56. The second-order valence-electron chi connectivity index (χ2n) is 7.55. The van der Waals surface area contributed by atoms with E-state index >= 15 is 0 Å². The van der Waals surface area contributed by atoms with Crippen LogP contribution in [-0.4, -0.2) is 41.7 Å². The van der Waals surface area contributed by atoms with Crippen molar-refractivity contribution in [1.82, 2.24) is 9.47 Å². The highest BCUT2D eigenvalue weighted by Crippen LogP contribution is 2.41. The number of hydrogen-bond acceptors (Lipinski definition) is 2. The molecule has 1 saturated heterocycles. The van der Waals surface area contributed by atoms with Gasteiger partial charge in [-0.05, 0) is 23.3 Å². The lowest BCUT2D eigenvalue weighted by molar-refractivity contribution is -0.139. The number of alkyl halides is 3. The molecule has 4 rings (SSSR count). The van der Waals surface area contributed by atoms with E-state index < -0.39 is 17.7 Å². The van der Waals surface area contributed by atoms with Crippen LogP contribution in [0.3, 0.4) is 0 Å². The summed E-state index contributed by atoms with van der Waals surface area (Å²) >= 11 is 0. The summed E-state index contributed by atoms with van der Waals surface area (Å²) in [6.45, 7) is 1.82. The van der Waals surface area contributed by atoms with Crippen LogP contribution in [0, 0.1) is 0 Å². The van der Waals surface area contributed by atoms with Crippen molar-refractivity contribution in [3.05, 3.63) is 71.4 Å². The van der Waals surface area contributed by atoms with Gasteiger partial charge in [0.05, 0.1) is 18.8 Å². The van der Waals surface area contributed by atoms with Gasteiger partial charge in [0.2, 0.25) is 5.91 Å². The minimum Gasteiger partial charge on any atom is -0.378 e. The number of hydrogen-bond donors (Lipinski definition) is 0. The van der Waals surface area contributed by atoms with E-state index in [1.807, 2.05) is 42.1 Å². The molecular formula is C23H23F3N2O2. The normalized spacial score (nSPS) is 16.1. The van der Waals surface area contributed by atoms with Crippen molar-refractivity contribution >= 4 is 16.8 Å². The molecule has 1 unspecified atom stereocenters. The van der Waals surface area contributed by atoms with Gasteiger partial charge >= 0.3 is 6.18 Å². The van der Waals surface area contributed by atoms with Crippen LogP contribution in [0.2, 0.25) is 0 Å². The standard InChI is InChI=1S/C23H23F3N2O2/c1-27-15-19(17-7-3-5-9-21(17)27)18(14-22(29)28-10-12-30-13-11-28)16-6-2-4-8-20(16)23(24,25)26/h2-9,15,18H,10-14H2,1H3. The molecule has 3 aromatic rings. The van der Waals surface area contributed by atoms with Crippen LogP contribution in [0.5, 0.6) is 0 Å². The van der Waals surface area contributed by atoms with E-state index in [1.165, 1.54) is 12.1 Å². The van der Waals surface area contributed by atoms with Gasteiger partial charge in [-0.1, -0.05) is 36.4 Å². The van der Waals surface area contributed by atoms with Gasteiger partial charge in [0.1, 0.15) is 0 Å². The molecule has 0 saturated carbocycles. The maximum Gasteiger partial charge on any atom is 0.416 e. The zero-order chi connectivity index (χ0) is 21.3. The lowest BCUT2D eigenvalue weighted by atomic mass is 9.85. The summed E-state index contributed by atoms with van der Waals surface area (Å²) in [6.07, 6.45) is -2.68. The molecule has 2 aromatic carbocycles. The predicted molar refractivity (Wildman–Crippen MR) is 108 cm³/mol. The zero-order valence-corrected chi connectivity index (χ0v) is 16.7. The molecule has 1 aliphatic rings. The maximum atomic E-state index is 13.8. The first-order valence-corrected chi connectivity index (χ1v) is 9.92. The summed E-state index contributed by atoms with van der Waals surface area (Å²) in [6, 6.07) is 13.1. The van der Waals surface area contributed by atoms with E-state index in [0.29, 0.717) is 26.3 Å². The summed E-state index contributed by atoms with van der Waals surface area (Å²) in [5, 5.41) is 0.858. The number of aromatic nitrogens is 1. The third-order valence-electron chi connectivity index (χ3n) is 5.69. The minimum absolute atomic E-state index is 0.0267. The van der Waals surface area contributed by atoms with Gasteiger partial charge in [0.15, 0.2) is 0 Å². The number of benzene rings is 2. The highest BCUT2D eigenvalue weighted by molar-refractivity contribution is 5.86. The predicted octanol–water partition coefficient (Wildman–Crippen LogP) is 4.58. The molecule has 1 atom stereocenters. The molecule has 1 fully saturated rings. The second kappa shape index (κ2) is 8.14. The number of carbonyl (C=O) groups is 1. The molecule has 7 heteroatoms. The fourth-order valence-corrected chi connectivity index (χ4v) is 4.21. The number of ether oxygens (including phenoxy) is 1. The van der Waals surface area contributed by atoms with Crippen molar-refractivity contribution in [2.75, 3.05) is 26.3 Å². The summed E-state index contributed by atoms with van der Waals surface area (Å²) < 4.78 is 48.7. The number of rotatable bonds is 4. The van der Waals surface area contributed by atoms with E-state index in [9.17, 15) is 18.0 Å². The van der Waals surface area contributed by atoms with Gasteiger partial charge in [-0.2, -0.15) is 13.2 Å². The molecule has 1 amide bonds. The van der Waals surface area contributed by atoms with E-state index in [-0.39, 0.29) is 17.9 Å². The number of para-hydroxylation sites is 1. The lowest BCUT2D eigenvalue weighted by Gasteiger charge is -2.29. The zero-order valence-electron chi connectivity index (χ0n) is 16.7. The Morgan fingerprint density at radius 2 is 1.70 bits per heavy atom. The van der Waals surface area contributed by atoms with Crippen LogP contribution in [-0.2, 0) is 22.8 Å². The molecule has 0 bridgehead atoms. The van der Waals surface area contributed by atoms with Crippen molar-refractivity contribution in [2.24, 2.45) is 7.05 Å². The molecular weight excluding hydrogens is 393 g/mol. The number of morpholine rings is 1. The van der Waals surface area contributed by atoms with Crippen LogP contribution >= 0.6 is 0 Å². The number of aryl methyl sites for hydroxylation is 1. The summed E-state index contributed by atoms with van der Waals surface area (Å²) in [4.78, 5) is 14.7. The highest BCUT2D eigenvalue weighted by atomic mass is 19.4. The molecule has 158 valence electrons. The Morgan fingerprint density at radius 1 is 1.03 bits per heavy atom.